The van der Waals surface area contributed by atoms with Gasteiger partial charge in [0.15, 0.2) is 0 Å². The number of aliphatic imine (C=N–C) groups is 1. The van der Waals surface area contributed by atoms with Crippen molar-refractivity contribution in [1.82, 2.24) is 14.5 Å². The highest BCUT2D eigenvalue weighted by molar-refractivity contribution is 6.19. The van der Waals surface area contributed by atoms with E-state index in [0.717, 1.165) is 39.3 Å². The lowest BCUT2D eigenvalue weighted by Crippen LogP contribution is -2.29. The van der Waals surface area contributed by atoms with Crippen molar-refractivity contribution in [2.24, 2.45) is 4.99 Å². The number of para-hydroxylation sites is 3. The molecule has 0 saturated heterocycles. The molecule has 0 fully saturated rings. The van der Waals surface area contributed by atoms with Gasteiger partial charge in [-0.05, 0) is 53.6 Å². The van der Waals surface area contributed by atoms with Gasteiger partial charge < -0.3 is 14.5 Å². The summed E-state index contributed by atoms with van der Waals surface area (Å²) in [4.78, 5) is 5.36. The number of aromatic nitrogens is 2. The first-order valence-electron chi connectivity index (χ1n) is 15.0. The van der Waals surface area contributed by atoms with E-state index in [9.17, 15) is 0 Å². The van der Waals surface area contributed by atoms with Crippen molar-refractivity contribution in [1.29, 1.82) is 0 Å². The van der Waals surface area contributed by atoms with Crippen LogP contribution in [0, 0.1) is 0 Å². The van der Waals surface area contributed by atoms with E-state index in [1.165, 1.54) is 32.6 Å². The number of rotatable bonds is 4. The molecule has 0 saturated carbocycles. The summed E-state index contributed by atoms with van der Waals surface area (Å²) in [7, 11) is 0. The highest BCUT2D eigenvalue weighted by atomic mass is 15.3. The van der Waals surface area contributed by atoms with E-state index in [1.54, 1.807) is 0 Å². The van der Waals surface area contributed by atoms with Crippen molar-refractivity contribution in [3.05, 3.63) is 169 Å². The zero-order chi connectivity index (χ0) is 29.0. The molecule has 1 aliphatic heterocycles. The summed E-state index contributed by atoms with van der Waals surface area (Å²) in [5.74, 6) is 0. The second-order valence-electron chi connectivity index (χ2n) is 11.3. The Hall–Kier alpha value is -5.87. The van der Waals surface area contributed by atoms with Crippen LogP contribution in [0.15, 0.2) is 163 Å². The number of fused-ring (bicyclic) bond motifs is 6. The predicted octanol–water partition coefficient (Wildman–Crippen LogP) is 9.48. The molecule has 1 N–H and O–H groups in total. The van der Waals surface area contributed by atoms with E-state index in [4.69, 9.17) is 4.99 Å². The summed E-state index contributed by atoms with van der Waals surface area (Å²) < 4.78 is 4.75. The van der Waals surface area contributed by atoms with E-state index < -0.39 is 0 Å². The van der Waals surface area contributed by atoms with Crippen LogP contribution in [0.2, 0.25) is 0 Å². The quantitative estimate of drug-likeness (QED) is 0.227. The normalized spacial score (nSPS) is 15.0. The Bertz CT molecular complexity index is 2400. The maximum Gasteiger partial charge on any atom is 0.201 e. The van der Waals surface area contributed by atoms with Crippen molar-refractivity contribution in [2.75, 3.05) is 0 Å². The van der Waals surface area contributed by atoms with Crippen molar-refractivity contribution in [3.8, 4) is 5.69 Å². The monoisotopic (exact) mass is 564 g/mol. The van der Waals surface area contributed by atoms with Crippen LogP contribution in [0.1, 0.15) is 17.4 Å². The third kappa shape index (κ3) is 3.81. The van der Waals surface area contributed by atoms with Gasteiger partial charge in [-0.25, -0.2) is 4.99 Å². The molecule has 3 heterocycles. The molecule has 8 aromatic rings. The molecule has 208 valence electrons. The summed E-state index contributed by atoms with van der Waals surface area (Å²) in [6.45, 7) is 0. The van der Waals surface area contributed by atoms with Gasteiger partial charge in [0.2, 0.25) is 6.29 Å². The summed E-state index contributed by atoms with van der Waals surface area (Å²) in [6.07, 6.45) is 1.82. The van der Waals surface area contributed by atoms with E-state index in [1.807, 2.05) is 0 Å². The molecule has 0 radical (unpaired) electrons. The molecule has 4 nitrogen and oxygen atoms in total. The van der Waals surface area contributed by atoms with Crippen molar-refractivity contribution < 1.29 is 0 Å². The predicted molar refractivity (Wildman–Crippen MR) is 183 cm³/mol. The molecule has 0 aliphatic carbocycles. The van der Waals surface area contributed by atoms with Crippen LogP contribution in [0.3, 0.4) is 0 Å². The van der Waals surface area contributed by atoms with Gasteiger partial charge in [0.05, 0.1) is 27.8 Å². The first-order chi connectivity index (χ1) is 21.8. The number of allylic oxidation sites excluding steroid dienone is 1. The van der Waals surface area contributed by atoms with Crippen molar-refractivity contribution in [2.45, 2.75) is 6.29 Å². The van der Waals surface area contributed by atoms with Crippen LogP contribution in [0.5, 0.6) is 0 Å². The SMILES string of the molecule is C1=C(c2ccccc2)NC(n2c3ccccc3c3cc4c5ccccc5n(-c5ccccc5)c4cc32)N=C1c1ccccc1. The fourth-order valence-corrected chi connectivity index (χ4v) is 6.77. The number of nitrogens with zero attached hydrogens (tertiary/aromatic N) is 3. The first kappa shape index (κ1) is 24.7. The molecule has 0 bridgehead atoms. The summed E-state index contributed by atoms with van der Waals surface area (Å²) in [6, 6.07) is 53.8. The van der Waals surface area contributed by atoms with E-state index in [2.05, 4.69) is 172 Å². The van der Waals surface area contributed by atoms with E-state index in [0.29, 0.717) is 0 Å². The summed E-state index contributed by atoms with van der Waals surface area (Å²) >= 11 is 0. The van der Waals surface area contributed by atoms with E-state index >= 15 is 0 Å². The number of hydrogen-bond acceptors (Lipinski definition) is 2. The van der Waals surface area contributed by atoms with Gasteiger partial charge in [-0.3, -0.25) is 0 Å². The summed E-state index contributed by atoms with van der Waals surface area (Å²) in [5.41, 5.74) is 10.1. The number of nitrogens with one attached hydrogen (secondary N) is 1. The van der Waals surface area contributed by atoms with Gasteiger partial charge in [0.25, 0.3) is 0 Å². The lowest BCUT2D eigenvalue weighted by Gasteiger charge is -2.27. The van der Waals surface area contributed by atoms with Crippen LogP contribution in [-0.2, 0) is 0 Å². The van der Waals surface area contributed by atoms with Crippen LogP contribution in [-0.4, -0.2) is 14.8 Å². The molecule has 4 heteroatoms. The standard InChI is InChI=1S/C40H28N4/c1-4-14-27(15-5-1)34-25-35(28-16-6-2-7-17-28)42-40(41-34)44-37-23-13-11-21-31(37)33-24-32-30-20-10-12-22-36(30)43(38(32)26-39(33)44)29-18-8-3-9-19-29/h1-26,40-41H. The van der Waals surface area contributed by atoms with Crippen LogP contribution >= 0.6 is 0 Å². The molecule has 0 amide bonds. The second-order valence-corrected chi connectivity index (χ2v) is 11.3. The first-order valence-corrected chi connectivity index (χ1v) is 15.0. The molecule has 6 aromatic carbocycles. The molecular weight excluding hydrogens is 536 g/mol. The van der Waals surface area contributed by atoms with Gasteiger partial charge >= 0.3 is 0 Å². The minimum atomic E-state index is -0.347. The smallest absolute Gasteiger partial charge is 0.201 e. The molecule has 0 spiro atoms. The van der Waals surface area contributed by atoms with Gasteiger partial charge in [-0.15, -0.1) is 0 Å². The Morgan fingerprint density at radius 3 is 1.77 bits per heavy atom. The molecule has 44 heavy (non-hydrogen) atoms. The Balaban J connectivity index is 1.35. The molecule has 9 rings (SSSR count). The van der Waals surface area contributed by atoms with Crippen LogP contribution in [0.25, 0.3) is 55.0 Å². The van der Waals surface area contributed by atoms with Gasteiger partial charge in [-0.2, -0.15) is 0 Å². The largest absolute Gasteiger partial charge is 0.346 e. The van der Waals surface area contributed by atoms with Crippen LogP contribution in [0.4, 0.5) is 0 Å². The lowest BCUT2D eigenvalue weighted by molar-refractivity contribution is 0.508. The number of hydrogen-bond donors (Lipinski definition) is 1. The summed E-state index contributed by atoms with van der Waals surface area (Å²) in [5, 5.41) is 8.74. The molecule has 2 aromatic heterocycles. The fraction of sp³-hybridized carbons (Fsp3) is 0.0250. The zero-order valence-electron chi connectivity index (χ0n) is 23.9. The second kappa shape index (κ2) is 9.85. The average Bonchev–Trinajstić information content (AvgIpc) is 3.60. The lowest BCUT2D eigenvalue weighted by atomic mass is 10.0. The minimum absolute atomic E-state index is 0.347. The van der Waals surface area contributed by atoms with Gasteiger partial charge in [0.1, 0.15) is 0 Å². The maximum atomic E-state index is 5.36. The minimum Gasteiger partial charge on any atom is -0.346 e. The number of benzene rings is 6. The van der Waals surface area contributed by atoms with Crippen LogP contribution < -0.4 is 5.32 Å². The third-order valence-corrected chi connectivity index (χ3v) is 8.74. The molecular formula is C40H28N4. The van der Waals surface area contributed by atoms with Gasteiger partial charge in [0, 0.05) is 32.9 Å². The fourth-order valence-electron chi connectivity index (χ4n) is 6.77. The molecule has 1 unspecified atom stereocenters. The van der Waals surface area contributed by atoms with Crippen molar-refractivity contribution >= 4 is 55.0 Å². The highest BCUT2D eigenvalue weighted by Crippen LogP contribution is 2.40. The topological polar surface area (TPSA) is 34.2 Å². The Kier molecular flexibility index (Phi) is 5.53. The molecule has 1 atom stereocenters. The Labute approximate surface area is 254 Å². The third-order valence-electron chi connectivity index (χ3n) is 8.74. The zero-order valence-corrected chi connectivity index (χ0v) is 23.9. The highest BCUT2D eigenvalue weighted by Gasteiger charge is 2.24. The van der Waals surface area contributed by atoms with E-state index in [-0.39, 0.29) is 6.29 Å². The maximum absolute atomic E-state index is 5.36. The Morgan fingerprint density at radius 1 is 0.477 bits per heavy atom. The van der Waals surface area contributed by atoms with Gasteiger partial charge in [-0.1, -0.05) is 115 Å². The van der Waals surface area contributed by atoms with Crippen molar-refractivity contribution in [3.63, 3.8) is 0 Å². The molecule has 1 aliphatic rings. The average molecular weight is 565 g/mol. The Morgan fingerprint density at radius 2 is 1.05 bits per heavy atom.